The first kappa shape index (κ1) is 14.7. The molecule has 0 aliphatic carbocycles. The Labute approximate surface area is 108 Å². The molecule has 1 aromatic carbocycles. The Bertz CT molecular complexity index is 505. The topological polar surface area (TPSA) is 71.4 Å². The van der Waals surface area contributed by atoms with Gasteiger partial charge >= 0.3 is 5.97 Å². The van der Waals surface area contributed by atoms with Gasteiger partial charge in [0.15, 0.2) is 9.84 Å². The van der Waals surface area contributed by atoms with Gasteiger partial charge in [0.2, 0.25) is 0 Å². The molecule has 5 heteroatoms. The van der Waals surface area contributed by atoms with Crippen LogP contribution in [0, 0.1) is 6.92 Å². The number of sulfone groups is 1. The van der Waals surface area contributed by atoms with Gasteiger partial charge in [0, 0.05) is 6.42 Å². The summed E-state index contributed by atoms with van der Waals surface area (Å²) in [6.07, 6.45) is 0.836. The van der Waals surface area contributed by atoms with Crippen molar-refractivity contribution in [2.24, 2.45) is 0 Å². The van der Waals surface area contributed by atoms with Gasteiger partial charge in [-0.1, -0.05) is 29.8 Å². The minimum Gasteiger partial charge on any atom is -0.481 e. The standard InChI is InChI=1S/C13H18O4S/c1-11-5-4-6-12(9-11)10-18(16,17)8-3-2-7-13(14)15/h4-6,9H,2-3,7-8,10H2,1H3,(H,14,15). The zero-order chi connectivity index (χ0) is 13.6. The van der Waals surface area contributed by atoms with Crippen LogP contribution in [0.15, 0.2) is 24.3 Å². The average molecular weight is 270 g/mol. The Kier molecular flexibility index (Phi) is 5.34. The third-order valence-corrected chi connectivity index (χ3v) is 4.25. The highest BCUT2D eigenvalue weighted by Gasteiger charge is 2.12. The van der Waals surface area contributed by atoms with Crippen LogP contribution in [-0.4, -0.2) is 25.2 Å². The normalized spacial score (nSPS) is 11.4. The number of carboxylic acid groups (broad SMARTS) is 1. The first-order valence-corrected chi connectivity index (χ1v) is 7.69. The summed E-state index contributed by atoms with van der Waals surface area (Å²) in [6, 6.07) is 7.41. The Morgan fingerprint density at radius 2 is 2.00 bits per heavy atom. The summed E-state index contributed by atoms with van der Waals surface area (Å²) in [7, 11) is -3.14. The van der Waals surface area contributed by atoms with Crippen LogP contribution in [0.4, 0.5) is 0 Å². The summed E-state index contributed by atoms with van der Waals surface area (Å²) in [6.45, 7) is 1.92. The summed E-state index contributed by atoms with van der Waals surface area (Å²) in [4.78, 5) is 10.3. The lowest BCUT2D eigenvalue weighted by atomic mass is 10.2. The Morgan fingerprint density at radius 1 is 1.28 bits per heavy atom. The molecular weight excluding hydrogens is 252 g/mol. The number of benzene rings is 1. The van der Waals surface area contributed by atoms with Gasteiger partial charge in [-0.05, 0) is 25.3 Å². The van der Waals surface area contributed by atoms with Crippen LogP contribution < -0.4 is 0 Å². The van der Waals surface area contributed by atoms with E-state index in [2.05, 4.69) is 0 Å². The van der Waals surface area contributed by atoms with E-state index in [1.54, 1.807) is 6.07 Å². The molecular formula is C13H18O4S. The molecule has 0 spiro atoms. The predicted octanol–water partition coefficient (Wildman–Crippen LogP) is 2.16. The molecule has 0 saturated carbocycles. The van der Waals surface area contributed by atoms with Gasteiger partial charge in [0.25, 0.3) is 0 Å². The quantitative estimate of drug-likeness (QED) is 0.771. The van der Waals surface area contributed by atoms with E-state index in [1.807, 2.05) is 25.1 Å². The largest absolute Gasteiger partial charge is 0.481 e. The van der Waals surface area contributed by atoms with Crippen LogP contribution in [0.3, 0.4) is 0 Å². The number of hydrogen-bond donors (Lipinski definition) is 1. The van der Waals surface area contributed by atoms with E-state index < -0.39 is 15.8 Å². The van der Waals surface area contributed by atoms with Gasteiger partial charge in [0.05, 0.1) is 11.5 Å². The molecule has 100 valence electrons. The molecule has 0 saturated heterocycles. The molecule has 0 aliphatic rings. The molecule has 4 nitrogen and oxygen atoms in total. The lowest BCUT2D eigenvalue weighted by Crippen LogP contribution is -2.10. The number of hydrogen-bond acceptors (Lipinski definition) is 3. The van der Waals surface area contributed by atoms with Crippen molar-refractivity contribution in [3.05, 3.63) is 35.4 Å². The molecule has 0 atom stereocenters. The van der Waals surface area contributed by atoms with Crippen molar-refractivity contribution in [1.29, 1.82) is 0 Å². The van der Waals surface area contributed by atoms with Crippen LogP contribution in [-0.2, 0) is 20.4 Å². The maximum absolute atomic E-state index is 11.8. The summed E-state index contributed by atoms with van der Waals surface area (Å²) >= 11 is 0. The maximum atomic E-state index is 11.8. The fraction of sp³-hybridized carbons (Fsp3) is 0.462. The summed E-state index contributed by atoms with van der Waals surface area (Å²) in [5.41, 5.74) is 1.82. The number of aryl methyl sites for hydroxylation is 1. The first-order valence-electron chi connectivity index (χ1n) is 5.87. The maximum Gasteiger partial charge on any atom is 0.303 e. The molecule has 0 bridgehead atoms. The van der Waals surface area contributed by atoms with E-state index in [0.717, 1.165) is 11.1 Å². The third-order valence-electron chi connectivity index (χ3n) is 2.57. The third kappa shape index (κ3) is 5.82. The first-order chi connectivity index (χ1) is 8.39. The van der Waals surface area contributed by atoms with Crippen molar-refractivity contribution < 1.29 is 18.3 Å². The number of carbonyl (C=O) groups is 1. The van der Waals surface area contributed by atoms with E-state index in [1.165, 1.54) is 0 Å². The van der Waals surface area contributed by atoms with E-state index in [0.29, 0.717) is 12.8 Å². The fourth-order valence-electron chi connectivity index (χ4n) is 1.73. The molecule has 0 aliphatic heterocycles. The summed E-state index contributed by atoms with van der Waals surface area (Å²) < 4.78 is 23.6. The van der Waals surface area contributed by atoms with Crippen LogP contribution in [0.2, 0.25) is 0 Å². The van der Waals surface area contributed by atoms with Crippen molar-refractivity contribution in [2.75, 3.05) is 5.75 Å². The Hall–Kier alpha value is -1.36. The molecule has 0 radical (unpaired) electrons. The molecule has 1 rings (SSSR count). The molecule has 0 unspecified atom stereocenters. The summed E-state index contributed by atoms with van der Waals surface area (Å²) in [5.74, 6) is -0.804. The van der Waals surface area contributed by atoms with Gasteiger partial charge in [-0.15, -0.1) is 0 Å². The molecule has 0 aromatic heterocycles. The minimum atomic E-state index is -3.14. The van der Waals surface area contributed by atoms with E-state index in [9.17, 15) is 13.2 Å². The smallest absolute Gasteiger partial charge is 0.303 e. The van der Waals surface area contributed by atoms with Gasteiger partial charge in [0.1, 0.15) is 0 Å². The highest BCUT2D eigenvalue weighted by atomic mass is 32.2. The molecule has 1 aromatic rings. The van der Waals surface area contributed by atoms with E-state index >= 15 is 0 Å². The van der Waals surface area contributed by atoms with Gasteiger partial charge < -0.3 is 5.11 Å². The van der Waals surface area contributed by atoms with Crippen molar-refractivity contribution in [3.63, 3.8) is 0 Å². The van der Waals surface area contributed by atoms with E-state index in [4.69, 9.17) is 5.11 Å². The lowest BCUT2D eigenvalue weighted by Gasteiger charge is -2.05. The predicted molar refractivity (Wildman–Crippen MR) is 70.2 cm³/mol. The Balaban J connectivity index is 2.47. The van der Waals surface area contributed by atoms with Crippen molar-refractivity contribution in [1.82, 2.24) is 0 Å². The number of rotatable bonds is 7. The molecule has 0 fully saturated rings. The van der Waals surface area contributed by atoms with Crippen LogP contribution in [0.1, 0.15) is 30.4 Å². The van der Waals surface area contributed by atoms with Crippen LogP contribution >= 0.6 is 0 Å². The zero-order valence-electron chi connectivity index (χ0n) is 10.4. The number of unbranched alkanes of at least 4 members (excludes halogenated alkanes) is 1. The number of aliphatic carboxylic acids is 1. The highest BCUT2D eigenvalue weighted by Crippen LogP contribution is 2.11. The zero-order valence-corrected chi connectivity index (χ0v) is 11.2. The van der Waals surface area contributed by atoms with Crippen LogP contribution in [0.5, 0.6) is 0 Å². The summed E-state index contributed by atoms with van der Waals surface area (Å²) in [5, 5.41) is 8.46. The average Bonchev–Trinajstić information content (AvgIpc) is 2.23. The molecule has 18 heavy (non-hydrogen) atoms. The number of carboxylic acids is 1. The van der Waals surface area contributed by atoms with Crippen molar-refractivity contribution in [2.45, 2.75) is 31.9 Å². The van der Waals surface area contributed by atoms with Gasteiger partial charge in [-0.3, -0.25) is 4.79 Å². The van der Waals surface area contributed by atoms with Crippen molar-refractivity contribution >= 4 is 15.8 Å². The highest BCUT2D eigenvalue weighted by molar-refractivity contribution is 7.90. The molecule has 0 heterocycles. The van der Waals surface area contributed by atoms with Gasteiger partial charge in [-0.25, -0.2) is 8.42 Å². The monoisotopic (exact) mass is 270 g/mol. The van der Waals surface area contributed by atoms with E-state index in [-0.39, 0.29) is 17.9 Å². The SMILES string of the molecule is Cc1cccc(CS(=O)(=O)CCCCC(=O)O)c1. The second-order valence-corrected chi connectivity index (χ2v) is 6.62. The Morgan fingerprint density at radius 3 is 2.61 bits per heavy atom. The molecule has 1 N–H and O–H groups in total. The second-order valence-electron chi connectivity index (χ2n) is 4.43. The van der Waals surface area contributed by atoms with Crippen LogP contribution in [0.25, 0.3) is 0 Å². The van der Waals surface area contributed by atoms with Gasteiger partial charge in [-0.2, -0.15) is 0 Å². The van der Waals surface area contributed by atoms with Crippen molar-refractivity contribution in [3.8, 4) is 0 Å². The fourth-order valence-corrected chi connectivity index (χ4v) is 3.20. The second kappa shape index (κ2) is 6.54. The molecule has 0 amide bonds. The lowest BCUT2D eigenvalue weighted by molar-refractivity contribution is -0.137. The minimum absolute atomic E-state index is 0.0277.